The zero-order valence-electron chi connectivity index (χ0n) is 8.70. The van der Waals surface area contributed by atoms with Crippen molar-refractivity contribution in [3.8, 4) is 0 Å². The molecule has 2 unspecified atom stereocenters. The first-order valence-electron chi connectivity index (χ1n) is 4.23. The van der Waals surface area contributed by atoms with Crippen LogP contribution in [0.15, 0.2) is 0 Å². The van der Waals surface area contributed by atoms with Gasteiger partial charge in [0.15, 0.2) is 0 Å². The van der Waals surface area contributed by atoms with Gasteiger partial charge in [-0.25, -0.2) is 9.13 Å². The van der Waals surface area contributed by atoms with Gasteiger partial charge in [0.25, 0.3) is 0 Å². The number of nitrogens with two attached hydrogens (primary N) is 1. The predicted molar refractivity (Wildman–Crippen MR) is 53.9 cm³/mol. The van der Waals surface area contributed by atoms with E-state index < -0.39 is 40.0 Å². The first-order chi connectivity index (χ1) is 7.93. The number of carboxylic acid groups (broad SMARTS) is 1. The monoisotopic (exact) mass is 307 g/mol. The molecule has 0 saturated heterocycles. The molecule has 106 valence electrons. The lowest BCUT2D eigenvalue weighted by atomic mass is 10.2. The van der Waals surface area contributed by atoms with Crippen LogP contribution < -0.4 is 5.73 Å². The number of hydrogen-bond acceptors (Lipinski definition) is 7. The molecule has 0 bridgehead atoms. The van der Waals surface area contributed by atoms with E-state index in [2.05, 4.69) is 8.83 Å². The van der Waals surface area contributed by atoms with Crippen molar-refractivity contribution >= 4 is 27.6 Å². The summed E-state index contributed by atoms with van der Waals surface area (Å²) in [4.78, 5) is 46.4. The quantitative estimate of drug-likeness (QED) is 0.359. The topological polar surface area (TPSA) is 194 Å². The lowest BCUT2D eigenvalue weighted by Crippen LogP contribution is -2.30. The average Bonchev–Trinajstić information content (AvgIpc) is 2.08. The van der Waals surface area contributed by atoms with E-state index in [1.165, 1.54) is 0 Å². The lowest BCUT2D eigenvalue weighted by molar-refractivity contribution is -0.139. The Morgan fingerprint density at radius 3 is 2.11 bits per heavy atom. The second-order valence-electron chi connectivity index (χ2n) is 2.99. The minimum absolute atomic E-state index is 0.385. The zero-order valence-corrected chi connectivity index (χ0v) is 10.5. The summed E-state index contributed by atoms with van der Waals surface area (Å²) in [6, 6.07) is -1.38. The molecule has 2 atom stereocenters. The van der Waals surface area contributed by atoms with Crippen LogP contribution in [0, 0.1) is 0 Å². The van der Waals surface area contributed by atoms with Gasteiger partial charge in [0.05, 0.1) is 0 Å². The number of hydrogen-bond donors (Lipinski definition) is 5. The molecule has 0 aliphatic heterocycles. The number of phosphoric ester groups is 1. The van der Waals surface area contributed by atoms with Crippen LogP contribution in [0.5, 0.6) is 0 Å². The Labute approximate surface area is 100 Å². The van der Waals surface area contributed by atoms with Crippen LogP contribution in [-0.2, 0) is 27.6 Å². The SMILES string of the molecule is NC(CCC(=O)OP(=O)(O)OP(=O)(O)O)C(=O)O. The average molecular weight is 307 g/mol. The lowest BCUT2D eigenvalue weighted by Gasteiger charge is -2.12. The molecule has 11 nitrogen and oxygen atoms in total. The summed E-state index contributed by atoms with van der Waals surface area (Å²) in [5.41, 5.74) is 5.04. The van der Waals surface area contributed by atoms with Crippen LogP contribution in [0.1, 0.15) is 12.8 Å². The van der Waals surface area contributed by atoms with Gasteiger partial charge in [-0.15, -0.1) is 0 Å². The predicted octanol–water partition coefficient (Wildman–Crippen LogP) is -1.07. The molecule has 6 N–H and O–H groups in total. The van der Waals surface area contributed by atoms with Crippen LogP contribution in [0.25, 0.3) is 0 Å². The Morgan fingerprint density at radius 1 is 1.22 bits per heavy atom. The Morgan fingerprint density at radius 2 is 1.72 bits per heavy atom. The molecular formula is C5H11NO10P2. The largest absolute Gasteiger partial charge is 0.538 e. The Bertz CT molecular complexity index is 414. The Hall–Kier alpha value is -0.800. The molecule has 0 heterocycles. The summed E-state index contributed by atoms with van der Waals surface area (Å²) >= 11 is 0. The smallest absolute Gasteiger partial charge is 0.480 e. The van der Waals surface area contributed by atoms with E-state index in [4.69, 9.17) is 25.5 Å². The van der Waals surface area contributed by atoms with Crippen molar-refractivity contribution in [2.45, 2.75) is 18.9 Å². The number of carbonyl (C=O) groups is 2. The minimum Gasteiger partial charge on any atom is -0.480 e. The summed E-state index contributed by atoms with van der Waals surface area (Å²) in [5, 5.41) is 8.37. The van der Waals surface area contributed by atoms with Gasteiger partial charge < -0.3 is 25.2 Å². The summed E-state index contributed by atoms with van der Waals surface area (Å²) < 4.78 is 28.2. The molecule has 0 aromatic rings. The highest BCUT2D eigenvalue weighted by Crippen LogP contribution is 2.57. The minimum atomic E-state index is -5.31. The van der Waals surface area contributed by atoms with Crippen molar-refractivity contribution in [3.63, 3.8) is 0 Å². The van der Waals surface area contributed by atoms with Gasteiger partial charge in [-0.3, -0.25) is 14.5 Å². The maximum atomic E-state index is 10.9. The van der Waals surface area contributed by atoms with Crippen molar-refractivity contribution in [1.29, 1.82) is 0 Å². The number of rotatable bonds is 7. The fourth-order valence-electron chi connectivity index (χ4n) is 0.722. The molecule has 0 fully saturated rings. The van der Waals surface area contributed by atoms with Crippen LogP contribution in [0.3, 0.4) is 0 Å². The maximum absolute atomic E-state index is 10.9. The molecule has 0 amide bonds. The van der Waals surface area contributed by atoms with Gasteiger partial charge in [-0.05, 0) is 6.42 Å². The van der Waals surface area contributed by atoms with E-state index in [0.29, 0.717) is 0 Å². The molecule has 0 aromatic heterocycles. The number of aliphatic carboxylic acids is 1. The van der Waals surface area contributed by atoms with E-state index in [1.807, 2.05) is 0 Å². The van der Waals surface area contributed by atoms with E-state index in [1.54, 1.807) is 0 Å². The third kappa shape index (κ3) is 8.31. The van der Waals surface area contributed by atoms with Gasteiger partial charge in [0.1, 0.15) is 6.04 Å². The molecule has 0 spiro atoms. The van der Waals surface area contributed by atoms with Crippen LogP contribution >= 0.6 is 15.6 Å². The van der Waals surface area contributed by atoms with Crippen molar-refractivity contribution in [2.75, 3.05) is 0 Å². The van der Waals surface area contributed by atoms with E-state index >= 15 is 0 Å². The molecular weight excluding hydrogens is 296 g/mol. The summed E-state index contributed by atoms with van der Waals surface area (Å²) in [5.74, 6) is -2.77. The van der Waals surface area contributed by atoms with Gasteiger partial charge in [-0.2, -0.15) is 4.31 Å². The highest BCUT2D eigenvalue weighted by Gasteiger charge is 2.35. The molecule has 0 aliphatic rings. The first kappa shape index (κ1) is 17.2. The number of phosphoric acid groups is 2. The Kier molecular flexibility index (Phi) is 6.11. The van der Waals surface area contributed by atoms with E-state index in [9.17, 15) is 18.7 Å². The zero-order chi connectivity index (χ0) is 14.6. The summed E-state index contributed by atoms with van der Waals surface area (Å²) in [6.07, 6.45) is -1.02. The molecule has 0 radical (unpaired) electrons. The van der Waals surface area contributed by atoms with Crippen LogP contribution in [-0.4, -0.2) is 37.8 Å². The standard InChI is InChI=1S/C5H11NO10P2/c6-3(5(8)9)1-2-4(7)15-18(13,14)16-17(10,11)12/h3H,1-2,6H2,(H,8,9)(H,13,14)(H2,10,11,12). The van der Waals surface area contributed by atoms with Crippen molar-refractivity contribution in [3.05, 3.63) is 0 Å². The fraction of sp³-hybridized carbons (Fsp3) is 0.600. The normalized spacial score (nSPS) is 16.7. The Balaban J connectivity index is 4.28. The van der Waals surface area contributed by atoms with E-state index in [0.717, 1.165) is 0 Å². The molecule has 18 heavy (non-hydrogen) atoms. The summed E-state index contributed by atoms with van der Waals surface area (Å²) in [6.45, 7) is 0. The molecule has 0 aromatic carbocycles. The third-order valence-electron chi connectivity index (χ3n) is 1.40. The molecule has 13 heteroatoms. The van der Waals surface area contributed by atoms with Crippen molar-refractivity contribution in [1.82, 2.24) is 0 Å². The van der Waals surface area contributed by atoms with E-state index in [-0.39, 0.29) is 6.42 Å². The number of carbonyl (C=O) groups excluding carboxylic acids is 1. The fourth-order valence-corrected chi connectivity index (χ4v) is 2.28. The highest BCUT2D eigenvalue weighted by atomic mass is 31.3. The van der Waals surface area contributed by atoms with Crippen molar-refractivity contribution in [2.24, 2.45) is 5.73 Å². The second-order valence-corrected chi connectivity index (χ2v) is 5.74. The first-order valence-corrected chi connectivity index (χ1v) is 7.26. The van der Waals surface area contributed by atoms with Crippen LogP contribution in [0.2, 0.25) is 0 Å². The summed E-state index contributed by atoms with van der Waals surface area (Å²) in [7, 11) is -10.6. The molecule has 0 rings (SSSR count). The number of carboxylic acids is 1. The second kappa shape index (κ2) is 6.39. The maximum Gasteiger partial charge on any atom is 0.538 e. The van der Waals surface area contributed by atoms with Gasteiger partial charge >= 0.3 is 27.6 Å². The van der Waals surface area contributed by atoms with Crippen molar-refractivity contribution < 1.29 is 47.3 Å². The van der Waals surface area contributed by atoms with Crippen LogP contribution in [0.4, 0.5) is 0 Å². The highest BCUT2D eigenvalue weighted by molar-refractivity contribution is 7.61. The molecule has 0 saturated carbocycles. The third-order valence-corrected chi connectivity index (χ3v) is 3.51. The van der Waals surface area contributed by atoms with Gasteiger partial charge in [0.2, 0.25) is 0 Å². The van der Waals surface area contributed by atoms with Gasteiger partial charge in [-0.1, -0.05) is 0 Å². The molecule has 0 aliphatic carbocycles. The van der Waals surface area contributed by atoms with Gasteiger partial charge in [0, 0.05) is 6.42 Å².